The van der Waals surface area contributed by atoms with Gasteiger partial charge in [0.05, 0.1) is 19.6 Å². The summed E-state index contributed by atoms with van der Waals surface area (Å²) in [5, 5.41) is 0. The van der Waals surface area contributed by atoms with Crippen molar-refractivity contribution in [1.29, 1.82) is 0 Å². The van der Waals surface area contributed by atoms with Crippen molar-refractivity contribution in [2.24, 2.45) is 5.41 Å². The van der Waals surface area contributed by atoms with Gasteiger partial charge < -0.3 is 9.47 Å². The lowest BCUT2D eigenvalue weighted by molar-refractivity contribution is -0.136. The van der Waals surface area contributed by atoms with Gasteiger partial charge in [-0.3, -0.25) is 4.79 Å². The maximum absolute atomic E-state index is 10.9. The predicted octanol–water partition coefficient (Wildman–Crippen LogP) is 1.02. The molecule has 0 aromatic carbocycles. The summed E-state index contributed by atoms with van der Waals surface area (Å²) in [5.74, 6) is -0.428. The Labute approximate surface area is 76.5 Å². The molecule has 0 aromatic rings. The Kier molecular flexibility index (Phi) is 2.40. The third-order valence-electron chi connectivity index (χ3n) is 1.93. The van der Waals surface area contributed by atoms with Crippen LogP contribution in [-0.4, -0.2) is 19.0 Å². The van der Waals surface area contributed by atoms with E-state index in [9.17, 15) is 9.59 Å². The highest BCUT2D eigenvalue weighted by molar-refractivity contribution is 5.85. The van der Waals surface area contributed by atoms with Crippen LogP contribution in [0.1, 0.15) is 20.3 Å². The summed E-state index contributed by atoms with van der Waals surface area (Å²) in [7, 11) is 1.28. The molecule has 0 bridgehead atoms. The number of carbonyl (C=O) groups is 2. The van der Waals surface area contributed by atoms with E-state index < -0.39 is 11.4 Å². The SMILES string of the molecule is COC(=O)C=C1OC(=O)CC1(C)C. The summed E-state index contributed by atoms with van der Waals surface area (Å²) in [6.07, 6.45) is 1.51. The number of hydrogen-bond acceptors (Lipinski definition) is 4. The van der Waals surface area contributed by atoms with Crippen molar-refractivity contribution in [1.82, 2.24) is 0 Å². The Morgan fingerprint density at radius 2 is 2.23 bits per heavy atom. The zero-order chi connectivity index (χ0) is 10.1. The van der Waals surface area contributed by atoms with E-state index in [0.29, 0.717) is 12.2 Å². The number of carbonyl (C=O) groups excluding carboxylic acids is 2. The van der Waals surface area contributed by atoms with Crippen molar-refractivity contribution in [3.8, 4) is 0 Å². The molecule has 0 saturated carbocycles. The number of allylic oxidation sites excluding steroid dienone is 1. The van der Waals surface area contributed by atoms with E-state index in [-0.39, 0.29) is 5.97 Å². The largest absolute Gasteiger partial charge is 0.466 e. The van der Waals surface area contributed by atoms with Gasteiger partial charge in [-0.25, -0.2) is 4.79 Å². The van der Waals surface area contributed by atoms with Gasteiger partial charge in [0.2, 0.25) is 0 Å². The van der Waals surface area contributed by atoms with E-state index >= 15 is 0 Å². The molecule has 0 unspecified atom stereocenters. The van der Waals surface area contributed by atoms with Gasteiger partial charge in [-0.15, -0.1) is 0 Å². The van der Waals surface area contributed by atoms with Gasteiger partial charge in [0.25, 0.3) is 0 Å². The predicted molar refractivity (Wildman–Crippen MR) is 44.6 cm³/mol. The molecular weight excluding hydrogens is 172 g/mol. The van der Waals surface area contributed by atoms with Crippen LogP contribution in [0.5, 0.6) is 0 Å². The summed E-state index contributed by atoms with van der Waals surface area (Å²) in [5.41, 5.74) is -0.398. The third-order valence-corrected chi connectivity index (χ3v) is 1.93. The summed E-state index contributed by atoms with van der Waals surface area (Å²) < 4.78 is 9.30. The van der Waals surface area contributed by atoms with Gasteiger partial charge in [-0.1, -0.05) is 13.8 Å². The molecule has 0 atom stereocenters. The topological polar surface area (TPSA) is 52.6 Å². The lowest BCUT2D eigenvalue weighted by atomic mass is 9.89. The second-order valence-electron chi connectivity index (χ2n) is 3.57. The Morgan fingerprint density at radius 3 is 2.62 bits per heavy atom. The minimum absolute atomic E-state index is 0.301. The standard InChI is InChI=1S/C9H12O4/c1-9(2)5-8(11)13-6(9)4-7(10)12-3/h4H,5H2,1-3H3. The molecule has 1 rings (SSSR count). The Balaban J connectivity index is 2.86. The Bertz CT molecular complexity index is 275. The molecule has 1 aliphatic rings. The number of ether oxygens (including phenoxy) is 2. The molecule has 4 nitrogen and oxygen atoms in total. The van der Waals surface area contributed by atoms with Crippen molar-refractivity contribution >= 4 is 11.9 Å². The number of methoxy groups -OCH3 is 1. The Morgan fingerprint density at radius 1 is 1.62 bits per heavy atom. The van der Waals surface area contributed by atoms with E-state index in [1.54, 1.807) is 0 Å². The van der Waals surface area contributed by atoms with Crippen LogP contribution in [0, 0.1) is 5.41 Å². The lowest BCUT2D eigenvalue weighted by Gasteiger charge is -2.13. The first-order valence-corrected chi connectivity index (χ1v) is 3.96. The van der Waals surface area contributed by atoms with Crippen LogP contribution >= 0.6 is 0 Å². The highest BCUT2D eigenvalue weighted by Crippen LogP contribution is 2.37. The van der Waals surface area contributed by atoms with Gasteiger partial charge >= 0.3 is 11.9 Å². The molecule has 13 heavy (non-hydrogen) atoms. The molecule has 0 radical (unpaired) electrons. The maximum Gasteiger partial charge on any atom is 0.333 e. The molecule has 72 valence electrons. The molecule has 1 heterocycles. The molecule has 0 amide bonds. The van der Waals surface area contributed by atoms with Crippen molar-refractivity contribution in [3.63, 3.8) is 0 Å². The van der Waals surface area contributed by atoms with Crippen molar-refractivity contribution in [2.45, 2.75) is 20.3 Å². The number of cyclic esters (lactones) is 1. The zero-order valence-electron chi connectivity index (χ0n) is 7.92. The van der Waals surface area contributed by atoms with Crippen LogP contribution in [0.4, 0.5) is 0 Å². The zero-order valence-corrected chi connectivity index (χ0v) is 7.92. The average molecular weight is 184 g/mol. The maximum atomic E-state index is 10.9. The van der Waals surface area contributed by atoms with E-state index in [0.717, 1.165) is 0 Å². The van der Waals surface area contributed by atoms with Crippen molar-refractivity contribution in [2.75, 3.05) is 7.11 Å². The fourth-order valence-corrected chi connectivity index (χ4v) is 1.14. The molecule has 4 heteroatoms. The average Bonchev–Trinajstić information content (AvgIpc) is 2.24. The van der Waals surface area contributed by atoms with Gasteiger partial charge in [0, 0.05) is 5.41 Å². The van der Waals surface area contributed by atoms with Gasteiger partial charge in [0.1, 0.15) is 5.76 Å². The molecule has 0 spiro atoms. The van der Waals surface area contributed by atoms with E-state index in [1.165, 1.54) is 13.2 Å². The molecule has 0 aliphatic carbocycles. The number of hydrogen-bond donors (Lipinski definition) is 0. The van der Waals surface area contributed by atoms with E-state index in [4.69, 9.17) is 4.74 Å². The minimum atomic E-state index is -0.502. The molecule has 0 N–H and O–H groups in total. The smallest absolute Gasteiger partial charge is 0.333 e. The van der Waals surface area contributed by atoms with Crippen LogP contribution in [0.3, 0.4) is 0 Å². The lowest BCUT2D eigenvalue weighted by Crippen LogP contribution is -2.10. The minimum Gasteiger partial charge on any atom is -0.466 e. The molecular formula is C9H12O4. The highest BCUT2D eigenvalue weighted by atomic mass is 16.6. The molecule has 0 aromatic heterocycles. The van der Waals surface area contributed by atoms with Crippen LogP contribution in [0.2, 0.25) is 0 Å². The van der Waals surface area contributed by atoms with E-state index in [2.05, 4.69) is 4.74 Å². The highest BCUT2D eigenvalue weighted by Gasteiger charge is 2.37. The first kappa shape index (κ1) is 9.77. The van der Waals surface area contributed by atoms with Gasteiger partial charge in [0.15, 0.2) is 0 Å². The summed E-state index contributed by atoms with van der Waals surface area (Å²) in [6.45, 7) is 3.68. The normalized spacial score (nSPS) is 23.0. The van der Waals surface area contributed by atoms with E-state index in [1.807, 2.05) is 13.8 Å². The monoisotopic (exact) mass is 184 g/mol. The van der Waals surface area contributed by atoms with Gasteiger partial charge in [-0.05, 0) is 0 Å². The van der Waals surface area contributed by atoms with Gasteiger partial charge in [-0.2, -0.15) is 0 Å². The summed E-state index contributed by atoms with van der Waals surface area (Å²) in [6, 6.07) is 0. The third kappa shape index (κ3) is 2.08. The van der Waals surface area contributed by atoms with Crippen molar-refractivity contribution < 1.29 is 19.1 Å². The van der Waals surface area contributed by atoms with Crippen molar-refractivity contribution in [3.05, 3.63) is 11.8 Å². The molecule has 1 aliphatic heterocycles. The first-order chi connectivity index (χ1) is 5.95. The number of rotatable bonds is 1. The van der Waals surface area contributed by atoms with Crippen LogP contribution in [0.15, 0.2) is 11.8 Å². The first-order valence-electron chi connectivity index (χ1n) is 3.96. The second kappa shape index (κ2) is 3.20. The quantitative estimate of drug-likeness (QED) is 0.451. The fourth-order valence-electron chi connectivity index (χ4n) is 1.14. The van der Waals surface area contributed by atoms with Crippen LogP contribution < -0.4 is 0 Å². The second-order valence-corrected chi connectivity index (χ2v) is 3.57. The summed E-state index contributed by atoms with van der Waals surface area (Å²) in [4.78, 5) is 21.8. The fraction of sp³-hybridized carbons (Fsp3) is 0.556. The number of esters is 2. The van der Waals surface area contributed by atoms with Crippen LogP contribution in [-0.2, 0) is 19.1 Å². The Hall–Kier alpha value is -1.32. The molecule has 1 saturated heterocycles. The summed E-state index contributed by atoms with van der Waals surface area (Å²) >= 11 is 0. The van der Waals surface area contributed by atoms with Crippen LogP contribution in [0.25, 0.3) is 0 Å². The molecule has 1 fully saturated rings.